The van der Waals surface area contributed by atoms with Gasteiger partial charge in [-0.2, -0.15) is 5.26 Å². The van der Waals surface area contributed by atoms with Gasteiger partial charge in [0.05, 0.1) is 18.4 Å². The fourth-order valence-corrected chi connectivity index (χ4v) is 1.45. The van der Waals surface area contributed by atoms with Gasteiger partial charge in [0.15, 0.2) is 11.4 Å². The van der Waals surface area contributed by atoms with Gasteiger partial charge in [0.1, 0.15) is 6.07 Å². The summed E-state index contributed by atoms with van der Waals surface area (Å²) in [6, 6.07) is 5.45. The number of rotatable bonds is 5. The molecular formula is C11H10N6O2. The number of carbonyl (C=O) groups is 1. The van der Waals surface area contributed by atoms with Crippen molar-refractivity contribution in [3.8, 4) is 6.07 Å². The smallest absolute Gasteiger partial charge is 0.358 e. The average molecular weight is 258 g/mol. The van der Waals surface area contributed by atoms with Crippen LogP contribution >= 0.6 is 0 Å². The van der Waals surface area contributed by atoms with Gasteiger partial charge in [-0.3, -0.25) is 0 Å². The van der Waals surface area contributed by atoms with Gasteiger partial charge in [-0.25, -0.2) is 14.5 Å². The number of hydrogen-bond acceptors (Lipinski definition) is 6. The topological polar surface area (TPSA) is 117 Å². The summed E-state index contributed by atoms with van der Waals surface area (Å²) in [6.45, 7) is 0.906. The quantitative estimate of drug-likeness (QED) is 0.794. The van der Waals surface area contributed by atoms with Gasteiger partial charge in [-0.15, -0.1) is 5.10 Å². The number of aromatic carboxylic acids is 1. The third-order valence-electron chi connectivity index (χ3n) is 2.33. The zero-order valence-electron chi connectivity index (χ0n) is 9.82. The van der Waals surface area contributed by atoms with Crippen molar-refractivity contribution in [2.45, 2.75) is 6.54 Å². The molecule has 0 aliphatic rings. The molecule has 0 unspecified atom stereocenters. The van der Waals surface area contributed by atoms with Crippen molar-refractivity contribution in [1.82, 2.24) is 20.0 Å². The third-order valence-corrected chi connectivity index (χ3v) is 2.33. The predicted molar refractivity (Wildman–Crippen MR) is 64.4 cm³/mol. The average Bonchev–Trinajstić information content (AvgIpc) is 2.88. The Labute approximate surface area is 108 Å². The van der Waals surface area contributed by atoms with E-state index in [1.807, 2.05) is 6.07 Å². The van der Waals surface area contributed by atoms with Crippen LogP contribution < -0.4 is 5.32 Å². The van der Waals surface area contributed by atoms with E-state index >= 15 is 0 Å². The van der Waals surface area contributed by atoms with Gasteiger partial charge in [-0.1, -0.05) is 5.21 Å². The lowest BCUT2D eigenvalue weighted by Gasteiger charge is -2.06. The summed E-state index contributed by atoms with van der Waals surface area (Å²) in [4.78, 5) is 14.5. The molecule has 2 N–H and O–H groups in total. The van der Waals surface area contributed by atoms with E-state index in [2.05, 4.69) is 20.6 Å². The Morgan fingerprint density at radius 2 is 2.42 bits per heavy atom. The minimum absolute atomic E-state index is 0.0981. The zero-order valence-corrected chi connectivity index (χ0v) is 9.82. The molecule has 0 bridgehead atoms. The lowest BCUT2D eigenvalue weighted by Crippen LogP contribution is -2.12. The number of nitrogens with zero attached hydrogens (tertiary/aromatic N) is 5. The summed E-state index contributed by atoms with van der Waals surface area (Å²) in [6.07, 6.45) is 2.89. The van der Waals surface area contributed by atoms with Gasteiger partial charge >= 0.3 is 5.97 Å². The van der Waals surface area contributed by atoms with Crippen LogP contribution in [0.15, 0.2) is 24.5 Å². The second-order valence-electron chi connectivity index (χ2n) is 3.61. The summed E-state index contributed by atoms with van der Waals surface area (Å²) in [5.41, 5.74) is 0.843. The Kier molecular flexibility index (Phi) is 3.68. The van der Waals surface area contributed by atoms with E-state index in [1.165, 1.54) is 10.9 Å². The molecule has 0 fully saturated rings. The van der Waals surface area contributed by atoms with Gasteiger partial charge < -0.3 is 10.4 Å². The number of hydrogen-bond donors (Lipinski definition) is 2. The first-order valence-corrected chi connectivity index (χ1v) is 5.43. The maximum atomic E-state index is 10.6. The van der Waals surface area contributed by atoms with E-state index < -0.39 is 5.97 Å². The number of anilines is 1. The number of aromatic nitrogens is 4. The number of nitriles is 1. The highest BCUT2D eigenvalue weighted by molar-refractivity contribution is 5.84. The summed E-state index contributed by atoms with van der Waals surface area (Å²) in [7, 11) is 0. The molecule has 0 aliphatic heterocycles. The Morgan fingerprint density at radius 1 is 1.58 bits per heavy atom. The van der Waals surface area contributed by atoms with E-state index in [0.29, 0.717) is 24.5 Å². The van der Waals surface area contributed by atoms with Crippen LogP contribution in [0.25, 0.3) is 0 Å². The molecule has 0 saturated heterocycles. The maximum Gasteiger partial charge on any atom is 0.358 e. The fourth-order valence-electron chi connectivity index (χ4n) is 1.45. The van der Waals surface area contributed by atoms with E-state index in [-0.39, 0.29) is 5.69 Å². The molecule has 2 aromatic heterocycles. The first kappa shape index (κ1) is 12.5. The molecule has 96 valence electrons. The number of carboxylic acid groups (broad SMARTS) is 1. The minimum atomic E-state index is -1.11. The van der Waals surface area contributed by atoms with Crippen molar-refractivity contribution in [3.63, 3.8) is 0 Å². The number of carboxylic acids is 1. The maximum absolute atomic E-state index is 10.6. The summed E-state index contributed by atoms with van der Waals surface area (Å²) in [5, 5.41) is 27.8. The molecular weight excluding hydrogens is 248 g/mol. The molecule has 0 aliphatic carbocycles. The van der Waals surface area contributed by atoms with Crippen LogP contribution in [0.1, 0.15) is 16.2 Å². The van der Waals surface area contributed by atoms with E-state index in [9.17, 15) is 4.79 Å². The summed E-state index contributed by atoms with van der Waals surface area (Å²) >= 11 is 0. The molecule has 8 heteroatoms. The van der Waals surface area contributed by atoms with Crippen molar-refractivity contribution < 1.29 is 9.90 Å². The fraction of sp³-hybridized carbons (Fsp3) is 0.182. The van der Waals surface area contributed by atoms with E-state index in [4.69, 9.17) is 10.4 Å². The van der Waals surface area contributed by atoms with Crippen molar-refractivity contribution in [1.29, 1.82) is 5.26 Å². The first-order chi connectivity index (χ1) is 9.20. The Bertz CT molecular complexity index is 630. The number of nitrogens with one attached hydrogen (secondary N) is 1. The van der Waals surface area contributed by atoms with E-state index in [0.717, 1.165) is 0 Å². The van der Waals surface area contributed by atoms with E-state index in [1.54, 1.807) is 18.3 Å². The van der Waals surface area contributed by atoms with Crippen molar-refractivity contribution >= 4 is 11.7 Å². The van der Waals surface area contributed by atoms with Crippen LogP contribution in [0, 0.1) is 11.3 Å². The lowest BCUT2D eigenvalue weighted by atomic mass is 10.3. The second kappa shape index (κ2) is 5.59. The van der Waals surface area contributed by atoms with Crippen LogP contribution in [-0.4, -0.2) is 37.6 Å². The first-order valence-electron chi connectivity index (χ1n) is 5.43. The molecule has 2 aromatic rings. The Balaban J connectivity index is 1.93. The van der Waals surface area contributed by atoms with Crippen molar-refractivity contribution in [3.05, 3.63) is 35.9 Å². The van der Waals surface area contributed by atoms with Gasteiger partial charge in [-0.05, 0) is 12.1 Å². The summed E-state index contributed by atoms with van der Waals surface area (Å²) < 4.78 is 1.42. The predicted octanol–water partition coefficient (Wildman–Crippen LogP) is 0.355. The third kappa shape index (κ3) is 3.04. The molecule has 0 spiro atoms. The normalized spacial score (nSPS) is 9.84. The van der Waals surface area contributed by atoms with Crippen LogP contribution in [0.4, 0.5) is 5.69 Å². The van der Waals surface area contributed by atoms with Crippen LogP contribution in [0.2, 0.25) is 0 Å². The van der Waals surface area contributed by atoms with Gasteiger partial charge in [0, 0.05) is 12.7 Å². The van der Waals surface area contributed by atoms with Crippen LogP contribution in [0.5, 0.6) is 0 Å². The van der Waals surface area contributed by atoms with Gasteiger partial charge in [0.25, 0.3) is 0 Å². The highest BCUT2D eigenvalue weighted by atomic mass is 16.4. The largest absolute Gasteiger partial charge is 0.476 e. The molecule has 8 nitrogen and oxygen atoms in total. The molecule has 0 radical (unpaired) electrons. The number of pyridine rings is 1. The van der Waals surface area contributed by atoms with Crippen molar-refractivity contribution in [2.75, 3.05) is 11.9 Å². The van der Waals surface area contributed by atoms with Crippen LogP contribution in [-0.2, 0) is 6.54 Å². The molecule has 2 rings (SSSR count). The lowest BCUT2D eigenvalue weighted by molar-refractivity contribution is 0.0690. The molecule has 19 heavy (non-hydrogen) atoms. The van der Waals surface area contributed by atoms with Gasteiger partial charge in [0.2, 0.25) is 0 Å². The van der Waals surface area contributed by atoms with Crippen LogP contribution in [0.3, 0.4) is 0 Å². The van der Waals surface area contributed by atoms with Crippen molar-refractivity contribution in [2.24, 2.45) is 0 Å². The monoisotopic (exact) mass is 258 g/mol. The molecule has 0 atom stereocenters. The Morgan fingerprint density at radius 3 is 3.11 bits per heavy atom. The second-order valence-corrected chi connectivity index (χ2v) is 3.61. The minimum Gasteiger partial charge on any atom is -0.476 e. The highest BCUT2D eigenvalue weighted by Gasteiger charge is 2.08. The Hall–Kier alpha value is -2.95. The molecule has 0 saturated carbocycles. The summed E-state index contributed by atoms with van der Waals surface area (Å²) in [5.74, 6) is -1.11. The molecule has 2 heterocycles. The molecule has 0 amide bonds. The SMILES string of the molecule is N#Cc1ncccc1NCCn1cc(C(=O)O)nn1. The zero-order chi connectivity index (χ0) is 13.7. The highest BCUT2D eigenvalue weighted by Crippen LogP contribution is 2.09. The molecule has 0 aromatic carbocycles. The standard InChI is InChI=1S/C11H10N6O2/c12-6-9-8(2-1-3-13-9)14-4-5-17-7-10(11(18)19)15-16-17/h1-3,7,14H,4-5H2,(H,18,19).